The molecule has 0 atom stereocenters. The van der Waals surface area contributed by atoms with Gasteiger partial charge in [-0.05, 0) is 12.1 Å². The smallest absolute Gasteiger partial charge is 0.449 e. The Balaban J connectivity index is 2.14. The maximum Gasteiger partial charge on any atom is 0.511 e. The van der Waals surface area contributed by atoms with Gasteiger partial charge in [-0.3, -0.25) is 0 Å². The van der Waals surface area contributed by atoms with Crippen LogP contribution in [0.2, 0.25) is 0 Å². The third kappa shape index (κ3) is 3.33. The molecule has 0 spiro atoms. The minimum atomic E-state index is -4.88. The van der Waals surface area contributed by atoms with Crippen LogP contribution in [-0.4, -0.2) is 45.7 Å². The predicted octanol–water partition coefficient (Wildman–Crippen LogP) is 2.23. The minimum Gasteiger partial charge on any atom is -0.449 e. The molecule has 0 aliphatic heterocycles. The standard InChI is InChI=1S/C13H9F3N4O5S/c1-26(23,24)10-3-9-8(2-7(10)13(14,15)16)18-11(19-9)20-5-6(4-17-20)25-12(21)22/h2-5H,1H3,(H,18,19)(H,21,22). The molecule has 2 N–H and O–H groups in total. The lowest BCUT2D eigenvalue weighted by molar-refractivity contribution is -0.139. The van der Waals surface area contributed by atoms with E-state index in [1.165, 1.54) is 0 Å². The summed E-state index contributed by atoms with van der Waals surface area (Å²) in [6.07, 6.45) is -3.59. The van der Waals surface area contributed by atoms with Crippen LogP contribution in [0.25, 0.3) is 17.0 Å². The normalized spacial score (nSPS) is 12.5. The third-order valence-electron chi connectivity index (χ3n) is 3.26. The fraction of sp³-hybridized carbons (Fsp3) is 0.154. The number of benzene rings is 1. The second-order valence-electron chi connectivity index (χ2n) is 5.18. The number of carbonyl (C=O) groups is 1. The SMILES string of the molecule is CS(=O)(=O)c1cc2nc(-n3cc(OC(=O)O)cn3)[nH]c2cc1C(F)(F)F. The van der Waals surface area contributed by atoms with Crippen molar-refractivity contribution < 1.29 is 36.2 Å². The Bertz CT molecular complexity index is 1120. The summed E-state index contributed by atoms with van der Waals surface area (Å²) in [6, 6.07) is 1.45. The lowest BCUT2D eigenvalue weighted by Gasteiger charge is -2.11. The van der Waals surface area contributed by atoms with Crippen molar-refractivity contribution in [3.05, 3.63) is 30.1 Å². The van der Waals surface area contributed by atoms with Gasteiger partial charge in [0.25, 0.3) is 0 Å². The number of hydrogen-bond acceptors (Lipinski definition) is 6. The Hall–Kier alpha value is -3.09. The van der Waals surface area contributed by atoms with Crippen molar-refractivity contribution in [3.8, 4) is 11.7 Å². The third-order valence-corrected chi connectivity index (χ3v) is 4.39. The van der Waals surface area contributed by atoms with Gasteiger partial charge in [-0.1, -0.05) is 0 Å². The predicted molar refractivity (Wildman–Crippen MR) is 80.0 cm³/mol. The zero-order chi connectivity index (χ0) is 19.3. The first-order chi connectivity index (χ1) is 11.9. The first-order valence-corrected chi connectivity index (χ1v) is 8.61. The molecule has 2 heterocycles. The van der Waals surface area contributed by atoms with Gasteiger partial charge in [0.1, 0.15) is 0 Å². The van der Waals surface area contributed by atoms with Crippen LogP contribution in [0.15, 0.2) is 29.4 Å². The second kappa shape index (κ2) is 5.72. The summed E-state index contributed by atoms with van der Waals surface area (Å²) in [7, 11) is -4.15. The number of imidazole rings is 1. The molecule has 1 aromatic carbocycles. The van der Waals surface area contributed by atoms with Gasteiger partial charge in [0.15, 0.2) is 15.6 Å². The summed E-state index contributed by atoms with van der Waals surface area (Å²) in [4.78, 5) is 16.1. The van der Waals surface area contributed by atoms with E-state index < -0.39 is 32.6 Å². The van der Waals surface area contributed by atoms with Crippen molar-refractivity contribution in [1.29, 1.82) is 0 Å². The maximum atomic E-state index is 13.2. The van der Waals surface area contributed by atoms with Crippen LogP contribution in [0.1, 0.15) is 5.56 Å². The van der Waals surface area contributed by atoms with Gasteiger partial charge in [0, 0.05) is 6.26 Å². The van der Waals surface area contributed by atoms with Crippen LogP contribution < -0.4 is 4.74 Å². The molecule has 13 heteroatoms. The highest BCUT2D eigenvalue weighted by atomic mass is 32.2. The average molecular weight is 390 g/mol. The first-order valence-electron chi connectivity index (χ1n) is 6.72. The molecule has 26 heavy (non-hydrogen) atoms. The maximum absolute atomic E-state index is 13.2. The summed E-state index contributed by atoms with van der Waals surface area (Å²) >= 11 is 0. The molecule has 2 aromatic heterocycles. The van der Waals surface area contributed by atoms with Crippen LogP contribution in [0.3, 0.4) is 0 Å². The molecule has 138 valence electrons. The largest absolute Gasteiger partial charge is 0.511 e. The van der Waals surface area contributed by atoms with Crippen molar-refractivity contribution >= 4 is 27.0 Å². The van der Waals surface area contributed by atoms with E-state index in [4.69, 9.17) is 5.11 Å². The van der Waals surface area contributed by atoms with E-state index in [1.54, 1.807) is 0 Å². The Kier molecular flexibility index (Phi) is 3.90. The molecule has 0 radical (unpaired) electrons. The number of aromatic nitrogens is 4. The van der Waals surface area contributed by atoms with E-state index in [0.717, 1.165) is 23.1 Å². The van der Waals surface area contributed by atoms with Gasteiger partial charge in [-0.2, -0.15) is 18.3 Å². The number of alkyl halides is 3. The lowest BCUT2D eigenvalue weighted by atomic mass is 10.2. The Morgan fingerprint density at radius 3 is 2.62 bits per heavy atom. The van der Waals surface area contributed by atoms with Crippen molar-refractivity contribution in [2.75, 3.05) is 6.26 Å². The molecule has 0 bridgehead atoms. The summed E-state index contributed by atoms with van der Waals surface area (Å²) in [5.41, 5.74) is -1.43. The van der Waals surface area contributed by atoms with Crippen LogP contribution in [-0.2, 0) is 16.0 Å². The Morgan fingerprint density at radius 1 is 1.35 bits per heavy atom. The highest BCUT2D eigenvalue weighted by Crippen LogP contribution is 2.36. The molecule has 0 aliphatic rings. The molecular weight excluding hydrogens is 381 g/mol. The van der Waals surface area contributed by atoms with E-state index in [0.29, 0.717) is 12.3 Å². The van der Waals surface area contributed by atoms with Crippen molar-refractivity contribution in [2.24, 2.45) is 0 Å². The van der Waals surface area contributed by atoms with E-state index >= 15 is 0 Å². The zero-order valence-electron chi connectivity index (χ0n) is 12.8. The average Bonchev–Trinajstić information content (AvgIpc) is 3.08. The Morgan fingerprint density at radius 2 is 2.04 bits per heavy atom. The molecule has 9 nitrogen and oxygen atoms in total. The molecule has 3 aromatic rings. The van der Waals surface area contributed by atoms with Crippen LogP contribution in [0.5, 0.6) is 5.75 Å². The van der Waals surface area contributed by atoms with Gasteiger partial charge >= 0.3 is 12.3 Å². The lowest BCUT2D eigenvalue weighted by Crippen LogP contribution is -2.12. The van der Waals surface area contributed by atoms with Crippen molar-refractivity contribution in [1.82, 2.24) is 19.7 Å². The number of hydrogen-bond donors (Lipinski definition) is 2. The second-order valence-corrected chi connectivity index (χ2v) is 7.17. The van der Waals surface area contributed by atoms with Crippen LogP contribution in [0.4, 0.5) is 18.0 Å². The molecule has 0 saturated carbocycles. The van der Waals surface area contributed by atoms with E-state index in [2.05, 4.69) is 19.8 Å². The zero-order valence-corrected chi connectivity index (χ0v) is 13.6. The van der Waals surface area contributed by atoms with Crippen LogP contribution in [0, 0.1) is 0 Å². The monoisotopic (exact) mass is 390 g/mol. The van der Waals surface area contributed by atoms with E-state index in [9.17, 15) is 26.4 Å². The fourth-order valence-electron chi connectivity index (χ4n) is 2.24. The number of fused-ring (bicyclic) bond motifs is 1. The van der Waals surface area contributed by atoms with E-state index in [1.807, 2.05) is 0 Å². The summed E-state index contributed by atoms with van der Waals surface area (Å²) in [5.74, 6) is -0.190. The van der Waals surface area contributed by atoms with Crippen molar-refractivity contribution in [3.63, 3.8) is 0 Å². The molecule has 0 aliphatic carbocycles. The molecule has 0 saturated heterocycles. The molecule has 0 fully saturated rings. The Labute approximate surface area is 142 Å². The number of aromatic amines is 1. The van der Waals surface area contributed by atoms with Crippen molar-refractivity contribution in [2.45, 2.75) is 11.1 Å². The number of nitrogens with one attached hydrogen (secondary N) is 1. The number of carboxylic acid groups (broad SMARTS) is 1. The summed E-state index contributed by atoms with van der Waals surface area (Å²) in [6.45, 7) is 0. The number of H-pyrrole nitrogens is 1. The quantitative estimate of drug-likeness (QED) is 0.657. The van der Waals surface area contributed by atoms with Gasteiger partial charge in [0.05, 0.1) is 33.9 Å². The van der Waals surface area contributed by atoms with Gasteiger partial charge in [0.2, 0.25) is 5.95 Å². The highest BCUT2D eigenvalue weighted by molar-refractivity contribution is 7.90. The number of rotatable bonds is 3. The highest BCUT2D eigenvalue weighted by Gasteiger charge is 2.37. The fourth-order valence-corrected chi connectivity index (χ4v) is 3.14. The summed E-state index contributed by atoms with van der Waals surface area (Å²) < 4.78 is 68.3. The molecule has 0 amide bonds. The number of halogens is 3. The first kappa shape index (κ1) is 17.7. The van der Waals surface area contributed by atoms with E-state index in [-0.39, 0.29) is 22.7 Å². The van der Waals surface area contributed by atoms with Gasteiger partial charge < -0.3 is 14.8 Å². The number of ether oxygens (including phenoxy) is 1. The van der Waals surface area contributed by atoms with Crippen LogP contribution >= 0.6 is 0 Å². The summed E-state index contributed by atoms with van der Waals surface area (Å²) in [5, 5.41) is 12.3. The number of nitrogens with zero attached hydrogens (tertiary/aromatic N) is 3. The number of sulfone groups is 1. The topological polar surface area (TPSA) is 127 Å². The molecule has 3 rings (SSSR count). The molecule has 0 unspecified atom stereocenters. The van der Waals surface area contributed by atoms with Gasteiger partial charge in [-0.15, -0.1) is 0 Å². The minimum absolute atomic E-state index is 0.0374. The van der Waals surface area contributed by atoms with Gasteiger partial charge in [-0.25, -0.2) is 22.9 Å². The molecular formula is C13H9F3N4O5S.